The molecule has 24 heavy (non-hydrogen) atoms. The van der Waals surface area contributed by atoms with Crippen molar-refractivity contribution in [3.63, 3.8) is 0 Å². The molecule has 0 aliphatic carbocycles. The maximum atomic E-state index is 12.5. The van der Waals surface area contributed by atoms with Gasteiger partial charge in [-0.1, -0.05) is 6.07 Å². The Hall–Kier alpha value is -2.11. The van der Waals surface area contributed by atoms with Gasteiger partial charge in [0.2, 0.25) is 5.91 Å². The molecule has 0 bridgehead atoms. The van der Waals surface area contributed by atoms with Crippen molar-refractivity contribution in [2.24, 2.45) is 5.92 Å². The van der Waals surface area contributed by atoms with Gasteiger partial charge in [-0.15, -0.1) is 0 Å². The molecule has 0 radical (unpaired) electrons. The highest BCUT2D eigenvalue weighted by Gasteiger charge is 2.31. The second-order valence-electron chi connectivity index (χ2n) is 6.79. The Morgan fingerprint density at radius 3 is 2.62 bits per heavy atom. The molecule has 2 saturated heterocycles. The molecule has 2 aliphatic heterocycles. The summed E-state index contributed by atoms with van der Waals surface area (Å²) in [6.45, 7) is 5.44. The number of hydrogen-bond acceptors (Lipinski definition) is 3. The molecule has 1 aromatic heterocycles. The van der Waals surface area contributed by atoms with E-state index in [-0.39, 0.29) is 17.9 Å². The molecule has 0 saturated carbocycles. The monoisotopic (exact) mass is 330 g/mol. The summed E-state index contributed by atoms with van der Waals surface area (Å²) in [5, 5.41) is 2.99. The van der Waals surface area contributed by atoms with Gasteiger partial charge in [0.1, 0.15) is 0 Å². The van der Waals surface area contributed by atoms with Crippen molar-refractivity contribution in [1.29, 1.82) is 0 Å². The Morgan fingerprint density at radius 2 is 1.92 bits per heavy atom. The first kappa shape index (κ1) is 16.7. The summed E-state index contributed by atoms with van der Waals surface area (Å²) >= 11 is 0. The number of aromatic nitrogens is 1. The molecule has 2 fully saturated rings. The summed E-state index contributed by atoms with van der Waals surface area (Å²) < 4.78 is 0. The third-order valence-corrected chi connectivity index (χ3v) is 4.88. The minimum absolute atomic E-state index is 0.0366. The average Bonchev–Trinajstić information content (AvgIpc) is 3.15. The number of hydrogen-bond donors (Lipinski definition) is 1. The van der Waals surface area contributed by atoms with Crippen molar-refractivity contribution < 1.29 is 9.59 Å². The maximum Gasteiger partial charge on any atom is 0.320 e. The molecule has 2 aliphatic rings. The van der Waals surface area contributed by atoms with Gasteiger partial charge in [0.25, 0.3) is 0 Å². The SMILES string of the molecule is Cc1ccc(CNC(=O)[C@@H]2CCCN(C(=O)N3CCCC3)C2)cn1. The molecule has 1 aromatic rings. The minimum Gasteiger partial charge on any atom is -0.352 e. The van der Waals surface area contributed by atoms with E-state index in [0.29, 0.717) is 13.1 Å². The van der Waals surface area contributed by atoms with E-state index in [1.54, 1.807) is 6.20 Å². The van der Waals surface area contributed by atoms with Crippen LogP contribution >= 0.6 is 0 Å². The number of carbonyl (C=O) groups is 2. The van der Waals surface area contributed by atoms with Crippen LogP contribution in [0.15, 0.2) is 18.3 Å². The van der Waals surface area contributed by atoms with E-state index in [0.717, 1.165) is 56.6 Å². The van der Waals surface area contributed by atoms with Gasteiger partial charge in [0.05, 0.1) is 5.92 Å². The number of carbonyl (C=O) groups excluding carboxylic acids is 2. The fraction of sp³-hybridized carbons (Fsp3) is 0.611. The van der Waals surface area contributed by atoms with E-state index in [4.69, 9.17) is 0 Å². The third kappa shape index (κ3) is 4.04. The van der Waals surface area contributed by atoms with Gasteiger partial charge >= 0.3 is 6.03 Å². The zero-order valence-electron chi connectivity index (χ0n) is 14.3. The minimum atomic E-state index is -0.108. The van der Waals surface area contributed by atoms with Gasteiger partial charge in [0.15, 0.2) is 0 Å². The topological polar surface area (TPSA) is 65.5 Å². The van der Waals surface area contributed by atoms with Crippen LogP contribution in [0, 0.1) is 12.8 Å². The maximum absolute atomic E-state index is 12.5. The van der Waals surface area contributed by atoms with Crippen LogP contribution in [0.5, 0.6) is 0 Å². The van der Waals surface area contributed by atoms with Gasteiger partial charge in [-0.3, -0.25) is 9.78 Å². The number of urea groups is 1. The first-order valence-corrected chi connectivity index (χ1v) is 8.86. The lowest BCUT2D eigenvalue weighted by molar-refractivity contribution is -0.126. The Morgan fingerprint density at radius 1 is 1.17 bits per heavy atom. The van der Waals surface area contributed by atoms with Gasteiger partial charge in [0, 0.05) is 44.6 Å². The first-order chi connectivity index (χ1) is 11.6. The predicted octanol–water partition coefficient (Wildman–Crippen LogP) is 1.93. The number of piperidine rings is 1. The van der Waals surface area contributed by atoms with E-state index in [2.05, 4.69) is 10.3 Å². The summed E-state index contributed by atoms with van der Waals surface area (Å²) in [7, 11) is 0. The fourth-order valence-electron chi connectivity index (χ4n) is 3.41. The van der Waals surface area contributed by atoms with Crippen molar-refractivity contribution in [2.45, 2.75) is 39.2 Å². The molecule has 3 rings (SSSR count). The number of nitrogens with zero attached hydrogens (tertiary/aromatic N) is 3. The molecule has 1 N–H and O–H groups in total. The first-order valence-electron chi connectivity index (χ1n) is 8.86. The largest absolute Gasteiger partial charge is 0.352 e. The van der Waals surface area contributed by atoms with E-state index < -0.39 is 0 Å². The zero-order valence-corrected chi connectivity index (χ0v) is 14.3. The molecule has 130 valence electrons. The number of nitrogens with one attached hydrogen (secondary N) is 1. The van der Waals surface area contributed by atoms with Crippen LogP contribution in [0.3, 0.4) is 0 Å². The number of pyridine rings is 1. The van der Waals surface area contributed by atoms with Gasteiger partial charge in [-0.2, -0.15) is 0 Å². The summed E-state index contributed by atoms with van der Waals surface area (Å²) in [6, 6.07) is 4.03. The molecule has 0 spiro atoms. The highest BCUT2D eigenvalue weighted by atomic mass is 16.2. The van der Waals surface area contributed by atoms with Crippen molar-refractivity contribution in [2.75, 3.05) is 26.2 Å². The van der Waals surface area contributed by atoms with Crippen molar-refractivity contribution >= 4 is 11.9 Å². The second-order valence-corrected chi connectivity index (χ2v) is 6.79. The molecule has 0 aromatic carbocycles. The summed E-state index contributed by atoms with van der Waals surface area (Å²) in [5.41, 5.74) is 1.96. The van der Waals surface area contributed by atoms with Crippen LogP contribution in [-0.4, -0.2) is 52.9 Å². The molecule has 6 heteroatoms. The smallest absolute Gasteiger partial charge is 0.320 e. The molecule has 1 atom stereocenters. The molecule has 3 heterocycles. The third-order valence-electron chi connectivity index (χ3n) is 4.88. The number of likely N-dealkylation sites (tertiary alicyclic amines) is 2. The molecular weight excluding hydrogens is 304 g/mol. The van der Waals surface area contributed by atoms with Crippen LogP contribution in [0.4, 0.5) is 4.79 Å². The standard InChI is InChI=1S/C18H26N4O2/c1-14-6-7-15(11-19-14)12-20-17(23)16-5-4-10-22(13-16)18(24)21-8-2-3-9-21/h6-7,11,16H,2-5,8-10,12-13H2,1H3,(H,20,23)/t16-/m1/s1. The second kappa shape index (κ2) is 7.64. The Labute approximate surface area is 143 Å². The van der Waals surface area contributed by atoms with Crippen LogP contribution in [0.2, 0.25) is 0 Å². The Kier molecular flexibility index (Phi) is 5.33. The molecular formula is C18H26N4O2. The highest BCUT2D eigenvalue weighted by molar-refractivity contribution is 5.81. The lowest BCUT2D eigenvalue weighted by atomic mass is 9.97. The summed E-state index contributed by atoms with van der Waals surface area (Å²) in [5.74, 6) is -0.0711. The summed E-state index contributed by atoms with van der Waals surface area (Å²) in [6.07, 6.45) is 5.72. The van der Waals surface area contributed by atoms with Crippen molar-refractivity contribution in [3.05, 3.63) is 29.6 Å². The lowest BCUT2D eigenvalue weighted by Gasteiger charge is -2.34. The van der Waals surface area contributed by atoms with Gasteiger partial charge in [-0.05, 0) is 44.2 Å². The number of aryl methyl sites for hydroxylation is 1. The van der Waals surface area contributed by atoms with Crippen LogP contribution in [0.1, 0.15) is 36.9 Å². The normalized spacial score (nSPS) is 21.0. The van der Waals surface area contributed by atoms with Crippen LogP contribution < -0.4 is 5.32 Å². The van der Waals surface area contributed by atoms with E-state index in [9.17, 15) is 9.59 Å². The van der Waals surface area contributed by atoms with E-state index in [1.807, 2.05) is 28.9 Å². The lowest BCUT2D eigenvalue weighted by Crippen LogP contribution is -2.49. The van der Waals surface area contributed by atoms with Gasteiger partial charge in [-0.25, -0.2) is 4.79 Å². The summed E-state index contributed by atoms with van der Waals surface area (Å²) in [4.78, 5) is 32.9. The number of amides is 3. The molecule has 6 nitrogen and oxygen atoms in total. The quantitative estimate of drug-likeness (QED) is 0.921. The Bertz CT molecular complexity index is 581. The van der Waals surface area contributed by atoms with E-state index >= 15 is 0 Å². The van der Waals surface area contributed by atoms with Crippen molar-refractivity contribution in [3.8, 4) is 0 Å². The fourth-order valence-corrected chi connectivity index (χ4v) is 3.41. The van der Waals surface area contributed by atoms with Crippen LogP contribution in [-0.2, 0) is 11.3 Å². The molecule has 3 amide bonds. The van der Waals surface area contributed by atoms with Gasteiger partial charge < -0.3 is 15.1 Å². The highest BCUT2D eigenvalue weighted by Crippen LogP contribution is 2.20. The Balaban J connectivity index is 1.51. The van der Waals surface area contributed by atoms with E-state index in [1.165, 1.54) is 0 Å². The average molecular weight is 330 g/mol. The molecule has 0 unspecified atom stereocenters. The van der Waals surface area contributed by atoms with Crippen LogP contribution in [0.25, 0.3) is 0 Å². The predicted molar refractivity (Wildman–Crippen MR) is 91.3 cm³/mol. The van der Waals surface area contributed by atoms with Crippen molar-refractivity contribution in [1.82, 2.24) is 20.1 Å². The zero-order chi connectivity index (χ0) is 16.9. The number of rotatable bonds is 3.